The van der Waals surface area contributed by atoms with Crippen LogP contribution in [0.3, 0.4) is 0 Å². The van der Waals surface area contributed by atoms with E-state index in [9.17, 15) is 14.4 Å². The monoisotopic (exact) mass is 1040 g/mol. The maximum atomic E-state index is 12.9. The lowest BCUT2D eigenvalue weighted by molar-refractivity contribution is -0.167. The molecular formula is C69H116O6. The molecule has 0 aliphatic heterocycles. The molecule has 0 bridgehead atoms. The molecule has 0 aliphatic carbocycles. The van der Waals surface area contributed by atoms with Crippen molar-refractivity contribution < 1.29 is 28.6 Å². The number of unbranched alkanes of at least 4 members (excludes halogenated alkanes) is 27. The molecule has 0 heterocycles. The molecule has 0 saturated heterocycles. The molecule has 0 aromatic rings. The second-order valence-electron chi connectivity index (χ2n) is 20.6. The molecule has 428 valence electrons. The second-order valence-corrected chi connectivity index (χ2v) is 20.6. The Morgan fingerprint density at radius 2 is 0.520 bits per heavy atom. The van der Waals surface area contributed by atoms with Crippen molar-refractivity contribution in [2.24, 2.45) is 0 Å². The number of carbonyl (C=O) groups is 3. The van der Waals surface area contributed by atoms with Crippen LogP contribution in [0.2, 0.25) is 0 Å². The topological polar surface area (TPSA) is 78.9 Å². The molecule has 0 fully saturated rings. The van der Waals surface area contributed by atoms with Gasteiger partial charge in [0.25, 0.3) is 0 Å². The average molecular weight is 1040 g/mol. The lowest BCUT2D eigenvalue weighted by Crippen LogP contribution is -2.30. The Morgan fingerprint density at radius 1 is 0.280 bits per heavy atom. The third-order valence-corrected chi connectivity index (χ3v) is 13.2. The first-order valence-electron chi connectivity index (χ1n) is 31.4. The number of esters is 3. The fourth-order valence-corrected chi connectivity index (χ4v) is 8.53. The minimum Gasteiger partial charge on any atom is -0.462 e. The van der Waals surface area contributed by atoms with Gasteiger partial charge in [0.15, 0.2) is 6.10 Å². The summed E-state index contributed by atoms with van der Waals surface area (Å²) in [6.07, 6.45) is 85.1. The number of rotatable bonds is 56. The molecule has 0 N–H and O–H groups in total. The summed E-state index contributed by atoms with van der Waals surface area (Å²) < 4.78 is 16.9. The van der Waals surface area contributed by atoms with E-state index in [1.807, 2.05) is 0 Å². The molecule has 75 heavy (non-hydrogen) atoms. The Bertz CT molecular complexity index is 1520. The molecule has 0 radical (unpaired) electrons. The van der Waals surface area contributed by atoms with E-state index < -0.39 is 6.10 Å². The number of allylic oxidation sites excluding steroid dienone is 18. The quantitative estimate of drug-likeness (QED) is 0.0261. The predicted octanol–water partition coefficient (Wildman–Crippen LogP) is 21.4. The van der Waals surface area contributed by atoms with Crippen LogP contribution < -0.4 is 0 Å². The van der Waals surface area contributed by atoms with Crippen LogP contribution in [0.15, 0.2) is 109 Å². The van der Waals surface area contributed by atoms with Crippen LogP contribution in [-0.2, 0) is 28.6 Å². The van der Waals surface area contributed by atoms with Crippen LogP contribution in [-0.4, -0.2) is 37.2 Å². The second kappa shape index (κ2) is 62.6. The number of carbonyl (C=O) groups excluding carboxylic acids is 3. The third kappa shape index (κ3) is 60.8. The van der Waals surface area contributed by atoms with Crippen molar-refractivity contribution in [2.75, 3.05) is 13.2 Å². The Morgan fingerprint density at radius 3 is 0.853 bits per heavy atom. The van der Waals surface area contributed by atoms with E-state index in [1.54, 1.807) is 0 Å². The van der Waals surface area contributed by atoms with Gasteiger partial charge in [0.05, 0.1) is 0 Å². The zero-order valence-electron chi connectivity index (χ0n) is 49.0. The molecule has 6 nitrogen and oxygen atoms in total. The molecule has 0 aromatic carbocycles. The van der Waals surface area contributed by atoms with Crippen LogP contribution in [0.5, 0.6) is 0 Å². The van der Waals surface area contributed by atoms with E-state index in [2.05, 4.69) is 130 Å². The predicted molar refractivity (Wildman–Crippen MR) is 325 cm³/mol. The summed E-state index contributed by atoms with van der Waals surface area (Å²) in [5.41, 5.74) is 0. The number of hydrogen-bond acceptors (Lipinski definition) is 6. The lowest BCUT2D eigenvalue weighted by atomic mass is 10.1. The van der Waals surface area contributed by atoms with Crippen molar-refractivity contribution in [1.29, 1.82) is 0 Å². The van der Waals surface area contributed by atoms with Crippen molar-refractivity contribution in [3.8, 4) is 0 Å². The normalized spacial score (nSPS) is 12.8. The summed E-state index contributed by atoms with van der Waals surface area (Å²) in [6, 6.07) is 0. The first kappa shape index (κ1) is 71.1. The highest BCUT2D eigenvalue weighted by Crippen LogP contribution is 2.15. The van der Waals surface area contributed by atoms with Gasteiger partial charge in [0.2, 0.25) is 0 Å². The van der Waals surface area contributed by atoms with Gasteiger partial charge in [0.1, 0.15) is 13.2 Å². The van der Waals surface area contributed by atoms with Crippen molar-refractivity contribution in [2.45, 2.75) is 297 Å². The maximum Gasteiger partial charge on any atom is 0.306 e. The summed E-state index contributed by atoms with van der Waals surface area (Å²) in [6.45, 7) is 6.48. The Hall–Kier alpha value is -3.93. The van der Waals surface area contributed by atoms with E-state index in [-0.39, 0.29) is 31.1 Å². The Balaban J connectivity index is 4.34. The van der Waals surface area contributed by atoms with Crippen LogP contribution in [0.4, 0.5) is 0 Å². The van der Waals surface area contributed by atoms with Crippen LogP contribution >= 0.6 is 0 Å². The zero-order valence-corrected chi connectivity index (χ0v) is 49.0. The van der Waals surface area contributed by atoms with E-state index >= 15 is 0 Å². The van der Waals surface area contributed by atoms with Crippen molar-refractivity contribution in [3.05, 3.63) is 109 Å². The van der Waals surface area contributed by atoms with Crippen LogP contribution in [0.25, 0.3) is 0 Å². The minimum atomic E-state index is -0.791. The van der Waals surface area contributed by atoms with Crippen molar-refractivity contribution >= 4 is 17.9 Å². The van der Waals surface area contributed by atoms with Crippen molar-refractivity contribution in [3.63, 3.8) is 0 Å². The van der Waals surface area contributed by atoms with E-state index in [0.29, 0.717) is 19.3 Å². The minimum absolute atomic E-state index is 0.0884. The number of hydrogen-bond donors (Lipinski definition) is 0. The summed E-state index contributed by atoms with van der Waals surface area (Å²) >= 11 is 0. The Labute approximate surface area is 463 Å². The first-order valence-corrected chi connectivity index (χ1v) is 31.4. The van der Waals surface area contributed by atoms with E-state index in [1.165, 1.54) is 128 Å². The first-order chi connectivity index (χ1) is 37.0. The molecule has 0 aromatic heterocycles. The molecule has 0 amide bonds. The molecule has 0 spiro atoms. The Kier molecular flexibility index (Phi) is 59.3. The zero-order chi connectivity index (χ0) is 54.3. The van der Waals surface area contributed by atoms with Crippen molar-refractivity contribution in [1.82, 2.24) is 0 Å². The fraction of sp³-hybridized carbons (Fsp3) is 0.696. The van der Waals surface area contributed by atoms with Gasteiger partial charge in [0, 0.05) is 19.3 Å². The van der Waals surface area contributed by atoms with Gasteiger partial charge >= 0.3 is 17.9 Å². The lowest BCUT2D eigenvalue weighted by Gasteiger charge is -2.18. The molecule has 0 rings (SSSR count). The van der Waals surface area contributed by atoms with Gasteiger partial charge in [-0.2, -0.15) is 0 Å². The highest BCUT2D eigenvalue weighted by Gasteiger charge is 2.19. The third-order valence-electron chi connectivity index (χ3n) is 13.2. The summed E-state index contributed by atoms with van der Waals surface area (Å²) in [5.74, 6) is -0.908. The van der Waals surface area contributed by atoms with E-state index in [4.69, 9.17) is 14.2 Å². The van der Waals surface area contributed by atoms with Crippen LogP contribution in [0, 0.1) is 0 Å². The molecule has 6 heteroatoms. The van der Waals surface area contributed by atoms with Gasteiger partial charge < -0.3 is 14.2 Å². The molecule has 0 saturated carbocycles. The summed E-state index contributed by atoms with van der Waals surface area (Å²) in [4.78, 5) is 38.2. The largest absolute Gasteiger partial charge is 0.462 e. The number of ether oxygens (including phenoxy) is 3. The van der Waals surface area contributed by atoms with Gasteiger partial charge in [-0.3, -0.25) is 14.4 Å². The SMILES string of the molecule is CC/C=C\C/C=C\C/C=C\C/C=C\C/C=C\C/C=C\CCCCCCCCCCC(=O)OCC(COC(=O)CCCCCCC/C=C\CCCCC)OC(=O)CCCCCCCCC/C=C\C/C=C\CCCCCC. The van der Waals surface area contributed by atoms with E-state index in [0.717, 1.165) is 122 Å². The maximum absolute atomic E-state index is 12.9. The fourth-order valence-electron chi connectivity index (χ4n) is 8.53. The smallest absolute Gasteiger partial charge is 0.306 e. The highest BCUT2D eigenvalue weighted by atomic mass is 16.6. The van der Waals surface area contributed by atoms with Gasteiger partial charge in [-0.25, -0.2) is 0 Å². The molecule has 1 unspecified atom stereocenters. The molecular weight excluding hydrogens is 925 g/mol. The molecule has 1 atom stereocenters. The van der Waals surface area contributed by atoms with Gasteiger partial charge in [-0.1, -0.05) is 252 Å². The average Bonchev–Trinajstić information content (AvgIpc) is 3.41. The van der Waals surface area contributed by atoms with Gasteiger partial charge in [-0.15, -0.1) is 0 Å². The standard InChI is InChI=1S/C69H116O6/c1-4-7-10-13-16-19-22-25-27-29-31-32-33-34-35-36-37-38-39-41-42-44-47-50-53-56-59-62-68(71)74-65-66(64-73-67(70)61-58-55-52-49-46-24-21-18-15-12-9-6-3)75-69(72)63-60-57-54-51-48-45-43-40-30-28-26-23-20-17-14-11-8-5-2/h7,10,16,18-21,23,25,27-28,30-32,34-35,37-38,66H,4-6,8-9,11-15,17,22,24,26,29,33,36,39-65H2,1-3H3/b10-7-,19-16-,21-18-,23-20-,27-25-,30-28-,32-31-,35-34-,38-37-. The molecule has 0 aliphatic rings. The highest BCUT2D eigenvalue weighted by molar-refractivity contribution is 5.71. The van der Waals surface area contributed by atoms with Gasteiger partial charge in [-0.05, 0) is 128 Å². The summed E-state index contributed by atoms with van der Waals surface area (Å²) in [7, 11) is 0. The summed E-state index contributed by atoms with van der Waals surface area (Å²) in [5, 5.41) is 0. The van der Waals surface area contributed by atoms with Crippen LogP contribution in [0.1, 0.15) is 290 Å².